The van der Waals surface area contributed by atoms with Gasteiger partial charge in [-0.2, -0.15) is 0 Å². The number of likely N-dealkylation sites (N-methyl/N-ethyl adjacent to an activating group) is 1. The summed E-state index contributed by atoms with van der Waals surface area (Å²) >= 11 is 18.5. The second-order valence-electron chi connectivity index (χ2n) is 9.04. The molecule has 0 radical (unpaired) electrons. The fourth-order valence-corrected chi connectivity index (χ4v) is 5.66. The summed E-state index contributed by atoms with van der Waals surface area (Å²) < 4.78 is 26.7. The Labute approximate surface area is 244 Å². The zero-order valence-electron chi connectivity index (χ0n) is 21.8. The first-order chi connectivity index (χ1) is 18.4. The summed E-state index contributed by atoms with van der Waals surface area (Å²) in [5.41, 5.74) is 2.61. The average Bonchev–Trinajstić information content (AvgIpc) is 2.88. The molecule has 0 fully saturated rings. The predicted molar refractivity (Wildman–Crippen MR) is 158 cm³/mol. The van der Waals surface area contributed by atoms with Gasteiger partial charge in [0.05, 0.1) is 27.0 Å². The molecule has 0 bridgehead atoms. The van der Waals surface area contributed by atoms with Gasteiger partial charge >= 0.3 is 0 Å². The van der Waals surface area contributed by atoms with Gasteiger partial charge in [-0.25, -0.2) is 8.42 Å². The van der Waals surface area contributed by atoms with Gasteiger partial charge in [-0.15, -0.1) is 0 Å². The number of hydrogen-bond acceptors (Lipinski definition) is 4. The molecule has 208 valence electrons. The number of rotatable bonds is 11. The summed E-state index contributed by atoms with van der Waals surface area (Å²) in [6.07, 6.45) is 1.20. The van der Waals surface area contributed by atoms with Crippen molar-refractivity contribution in [1.29, 1.82) is 0 Å². The van der Waals surface area contributed by atoms with Crippen LogP contribution in [0.1, 0.15) is 23.6 Å². The maximum Gasteiger partial charge on any atom is 0.244 e. The standard InChI is InChI=1S/C28H30Cl3N3O4S/c1-4-32-28(36)26(14-20-11-6-5-7-12-20)33(17-21-13-9-8-10-19(21)2)27(35)18-34(39(3,37)38)25-16-23(30)22(29)15-24(25)31/h5-13,15-16,26H,4,14,17-18H2,1-3H3,(H,32,36)/t26-/m1/s1. The van der Waals surface area contributed by atoms with Crippen molar-refractivity contribution >= 4 is 62.3 Å². The zero-order chi connectivity index (χ0) is 28.7. The first-order valence-corrected chi connectivity index (χ1v) is 15.2. The van der Waals surface area contributed by atoms with Crippen LogP contribution in [-0.4, -0.2) is 50.5 Å². The van der Waals surface area contributed by atoms with Gasteiger partial charge in [0, 0.05) is 19.5 Å². The number of aryl methyl sites for hydroxylation is 1. The van der Waals surface area contributed by atoms with Gasteiger partial charge in [0.15, 0.2) is 0 Å². The van der Waals surface area contributed by atoms with Crippen LogP contribution in [0.4, 0.5) is 5.69 Å². The van der Waals surface area contributed by atoms with Crippen molar-refractivity contribution in [2.75, 3.05) is 23.7 Å². The highest BCUT2D eigenvalue weighted by Gasteiger charge is 2.33. The maximum atomic E-state index is 14.0. The topological polar surface area (TPSA) is 86.8 Å². The van der Waals surface area contributed by atoms with Crippen LogP contribution >= 0.6 is 34.8 Å². The largest absolute Gasteiger partial charge is 0.355 e. The van der Waals surface area contributed by atoms with Crippen molar-refractivity contribution in [3.63, 3.8) is 0 Å². The number of carbonyl (C=O) groups is 2. The highest BCUT2D eigenvalue weighted by molar-refractivity contribution is 7.92. The number of sulfonamides is 1. The van der Waals surface area contributed by atoms with E-state index in [1.54, 1.807) is 6.92 Å². The molecule has 3 aromatic carbocycles. The number of hydrogen-bond donors (Lipinski definition) is 1. The zero-order valence-corrected chi connectivity index (χ0v) is 24.9. The van der Waals surface area contributed by atoms with E-state index in [4.69, 9.17) is 34.8 Å². The van der Waals surface area contributed by atoms with Crippen molar-refractivity contribution in [3.05, 3.63) is 98.5 Å². The van der Waals surface area contributed by atoms with Crippen LogP contribution in [-0.2, 0) is 32.6 Å². The van der Waals surface area contributed by atoms with Gasteiger partial charge in [-0.1, -0.05) is 89.4 Å². The fourth-order valence-electron chi connectivity index (χ4n) is 4.11. The third-order valence-corrected chi connectivity index (χ3v) is 8.31. The van der Waals surface area contributed by atoms with E-state index in [0.717, 1.165) is 27.3 Å². The first kappa shape index (κ1) is 30.8. The Bertz CT molecular complexity index is 1440. The Morgan fingerprint density at radius 1 is 0.923 bits per heavy atom. The lowest BCUT2D eigenvalue weighted by atomic mass is 10.0. The van der Waals surface area contributed by atoms with Gasteiger partial charge in [-0.05, 0) is 42.7 Å². The quantitative estimate of drug-likeness (QED) is 0.291. The number of anilines is 1. The highest BCUT2D eigenvalue weighted by atomic mass is 35.5. The van der Waals surface area contributed by atoms with Gasteiger partial charge < -0.3 is 10.2 Å². The average molecular weight is 611 g/mol. The minimum Gasteiger partial charge on any atom is -0.355 e. The van der Waals surface area contributed by atoms with Gasteiger partial charge in [0.1, 0.15) is 12.6 Å². The van der Waals surface area contributed by atoms with Crippen molar-refractivity contribution in [1.82, 2.24) is 10.2 Å². The summed E-state index contributed by atoms with van der Waals surface area (Å²) in [5, 5.41) is 3.06. The minimum atomic E-state index is -4.00. The van der Waals surface area contributed by atoms with E-state index in [0.29, 0.717) is 6.54 Å². The normalized spacial score (nSPS) is 12.1. The molecule has 1 atom stereocenters. The molecule has 1 N–H and O–H groups in total. The number of benzene rings is 3. The molecule has 0 aromatic heterocycles. The maximum absolute atomic E-state index is 14.0. The van der Waals surface area contributed by atoms with Crippen LogP contribution in [0.3, 0.4) is 0 Å². The number of carbonyl (C=O) groups excluding carboxylic acids is 2. The summed E-state index contributed by atoms with van der Waals surface area (Å²) in [5.74, 6) is -0.931. The van der Waals surface area contributed by atoms with Crippen molar-refractivity contribution in [2.24, 2.45) is 0 Å². The van der Waals surface area contributed by atoms with Crippen molar-refractivity contribution in [2.45, 2.75) is 32.9 Å². The van der Waals surface area contributed by atoms with Gasteiger partial charge in [0.25, 0.3) is 0 Å². The smallest absolute Gasteiger partial charge is 0.244 e. The number of nitrogens with one attached hydrogen (secondary N) is 1. The Kier molecular flexibility index (Phi) is 10.7. The number of halogens is 3. The Morgan fingerprint density at radius 3 is 2.15 bits per heavy atom. The van der Waals surface area contributed by atoms with Crippen LogP contribution in [0.5, 0.6) is 0 Å². The van der Waals surface area contributed by atoms with E-state index in [1.165, 1.54) is 17.0 Å². The molecule has 0 aliphatic heterocycles. The predicted octanol–water partition coefficient (Wildman–Crippen LogP) is 5.50. The monoisotopic (exact) mass is 609 g/mol. The van der Waals surface area contributed by atoms with Crippen LogP contribution in [0, 0.1) is 6.92 Å². The summed E-state index contributed by atoms with van der Waals surface area (Å²) in [4.78, 5) is 28.8. The molecule has 0 unspecified atom stereocenters. The second-order valence-corrected chi connectivity index (χ2v) is 12.2. The molecule has 0 heterocycles. The van der Waals surface area contributed by atoms with Crippen LogP contribution in [0.25, 0.3) is 0 Å². The van der Waals surface area contributed by atoms with Crippen LogP contribution in [0.15, 0.2) is 66.7 Å². The van der Waals surface area contributed by atoms with Crippen LogP contribution < -0.4 is 9.62 Å². The molecule has 39 heavy (non-hydrogen) atoms. The van der Waals surface area contributed by atoms with E-state index in [2.05, 4.69) is 5.32 Å². The number of nitrogens with zero attached hydrogens (tertiary/aromatic N) is 2. The van der Waals surface area contributed by atoms with E-state index in [9.17, 15) is 18.0 Å². The fraction of sp³-hybridized carbons (Fsp3) is 0.286. The molecular formula is C28H30Cl3N3O4S. The Hall–Kier alpha value is -2.78. The van der Waals surface area contributed by atoms with Gasteiger partial charge in [0.2, 0.25) is 21.8 Å². The molecular weight excluding hydrogens is 581 g/mol. The molecule has 7 nitrogen and oxygen atoms in total. The van der Waals surface area contributed by atoms with E-state index >= 15 is 0 Å². The SMILES string of the molecule is CCNC(=O)[C@@H](Cc1ccccc1)N(Cc1ccccc1C)C(=O)CN(c1cc(Cl)c(Cl)cc1Cl)S(C)(=O)=O. The molecule has 3 aromatic rings. The number of amides is 2. The highest BCUT2D eigenvalue weighted by Crippen LogP contribution is 2.35. The van der Waals surface area contributed by atoms with E-state index in [-0.39, 0.29) is 39.6 Å². The van der Waals surface area contributed by atoms with Crippen LogP contribution in [0.2, 0.25) is 15.1 Å². The lowest BCUT2D eigenvalue weighted by molar-refractivity contribution is -0.140. The molecule has 3 rings (SSSR count). The Balaban J connectivity index is 2.09. The molecule has 0 saturated carbocycles. The summed E-state index contributed by atoms with van der Waals surface area (Å²) in [6.45, 7) is 3.56. The second kappa shape index (κ2) is 13.5. The van der Waals surface area contributed by atoms with Gasteiger partial charge in [-0.3, -0.25) is 13.9 Å². The van der Waals surface area contributed by atoms with E-state index in [1.807, 2.05) is 61.5 Å². The molecule has 11 heteroatoms. The van der Waals surface area contributed by atoms with E-state index < -0.39 is 28.5 Å². The Morgan fingerprint density at radius 2 is 1.54 bits per heavy atom. The summed E-state index contributed by atoms with van der Waals surface area (Å²) in [6, 6.07) is 18.6. The third-order valence-electron chi connectivity index (χ3n) is 6.16. The minimum absolute atomic E-state index is 0.00961. The summed E-state index contributed by atoms with van der Waals surface area (Å²) in [7, 11) is -4.00. The van der Waals surface area contributed by atoms with Crippen molar-refractivity contribution in [3.8, 4) is 0 Å². The third kappa shape index (κ3) is 8.11. The molecule has 0 aliphatic rings. The lowest BCUT2D eigenvalue weighted by Gasteiger charge is -2.34. The molecule has 0 aliphatic carbocycles. The first-order valence-electron chi connectivity index (χ1n) is 12.2. The molecule has 0 spiro atoms. The molecule has 2 amide bonds. The van der Waals surface area contributed by atoms with Crippen molar-refractivity contribution < 1.29 is 18.0 Å². The molecule has 0 saturated heterocycles. The lowest BCUT2D eigenvalue weighted by Crippen LogP contribution is -2.53.